The molecule has 0 aromatic carbocycles. The average molecular weight is 229 g/mol. The summed E-state index contributed by atoms with van der Waals surface area (Å²) < 4.78 is 0. The van der Waals surface area contributed by atoms with Gasteiger partial charge >= 0.3 is 0 Å². The summed E-state index contributed by atoms with van der Waals surface area (Å²) in [4.78, 5) is 19.8. The van der Waals surface area contributed by atoms with E-state index in [4.69, 9.17) is 5.84 Å². The highest BCUT2D eigenvalue weighted by molar-refractivity contribution is 6.07. The average Bonchev–Trinajstić information content (AvgIpc) is 2.40. The van der Waals surface area contributed by atoms with Gasteiger partial charge in [-0.15, -0.1) is 0 Å². The molecule has 86 valence electrons. The molecule has 2 rings (SSSR count). The van der Waals surface area contributed by atoms with Gasteiger partial charge in [0.15, 0.2) is 0 Å². The lowest BCUT2D eigenvalue weighted by atomic mass is 10.2. The van der Waals surface area contributed by atoms with Crippen molar-refractivity contribution >= 4 is 17.4 Å². The van der Waals surface area contributed by atoms with Crippen molar-refractivity contribution in [3.05, 3.63) is 48.4 Å². The zero-order valence-electron chi connectivity index (χ0n) is 8.92. The molecule has 0 saturated carbocycles. The van der Waals surface area contributed by atoms with Crippen molar-refractivity contribution in [1.29, 1.82) is 0 Å². The summed E-state index contributed by atoms with van der Waals surface area (Å²) in [6.07, 6.45) is 4.60. The number of pyridine rings is 2. The minimum absolute atomic E-state index is 0.293. The summed E-state index contributed by atoms with van der Waals surface area (Å²) in [6.45, 7) is 0. The number of hydrogen-bond donors (Lipinski definition) is 3. The molecule has 6 heteroatoms. The lowest BCUT2D eigenvalue weighted by Crippen LogP contribution is -2.17. The Morgan fingerprint density at radius 2 is 2.12 bits per heavy atom. The van der Waals surface area contributed by atoms with Crippen LogP contribution < -0.4 is 16.6 Å². The first-order valence-corrected chi connectivity index (χ1v) is 4.94. The second kappa shape index (κ2) is 5.04. The Balaban J connectivity index is 2.20. The molecule has 0 spiro atoms. The molecule has 2 heterocycles. The van der Waals surface area contributed by atoms with E-state index >= 15 is 0 Å². The number of carbonyl (C=O) groups excluding carboxylic acids is 1. The van der Waals surface area contributed by atoms with E-state index in [0.29, 0.717) is 17.1 Å². The maximum atomic E-state index is 11.9. The number of amides is 1. The van der Waals surface area contributed by atoms with Gasteiger partial charge in [-0.2, -0.15) is 0 Å². The normalized spacial score (nSPS) is 9.71. The fraction of sp³-hybridized carbons (Fsp3) is 0. The number of hydrazine groups is 1. The van der Waals surface area contributed by atoms with E-state index in [9.17, 15) is 4.79 Å². The highest BCUT2D eigenvalue weighted by atomic mass is 16.1. The Hall–Kier alpha value is -2.47. The molecule has 0 bridgehead atoms. The molecule has 0 aliphatic rings. The third kappa shape index (κ3) is 2.56. The van der Waals surface area contributed by atoms with Crippen molar-refractivity contribution in [3.8, 4) is 0 Å². The van der Waals surface area contributed by atoms with Gasteiger partial charge in [0.25, 0.3) is 5.91 Å². The molecule has 0 aliphatic carbocycles. The molecule has 0 radical (unpaired) electrons. The SMILES string of the molecule is NNc1cnccc1C(=O)Nc1ccccn1. The summed E-state index contributed by atoms with van der Waals surface area (Å²) in [5, 5.41) is 2.66. The molecule has 2 aromatic heterocycles. The van der Waals surface area contributed by atoms with E-state index in [-0.39, 0.29) is 5.91 Å². The van der Waals surface area contributed by atoms with Crippen molar-refractivity contribution in [2.24, 2.45) is 5.84 Å². The van der Waals surface area contributed by atoms with Crippen molar-refractivity contribution in [1.82, 2.24) is 9.97 Å². The highest BCUT2D eigenvalue weighted by Gasteiger charge is 2.10. The van der Waals surface area contributed by atoms with E-state index in [2.05, 4.69) is 20.7 Å². The first-order valence-electron chi connectivity index (χ1n) is 4.94. The Labute approximate surface area is 97.9 Å². The van der Waals surface area contributed by atoms with Crippen LogP contribution in [-0.2, 0) is 0 Å². The minimum atomic E-state index is -0.293. The smallest absolute Gasteiger partial charge is 0.259 e. The fourth-order valence-corrected chi connectivity index (χ4v) is 1.33. The third-order valence-electron chi connectivity index (χ3n) is 2.13. The van der Waals surface area contributed by atoms with E-state index < -0.39 is 0 Å². The minimum Gasteiger partial charge on any atom is -0.322 e. The predicted molar refractivity (Wildman–Crippen MR) is 64.2 cm³/mol. The number of hydrogen-bond acceptors (Lipinski definition) is 5. The van der Waals surface area contributed by atoms with E-state index in [0.717, 1.165) is 0 Å². The van der Waals surface area contributed by atoms with Gasteiger partial charge < -0.3 is 10.7 Å². The Morgan fingerprint density at radius 1 is 1.24 bits per heavy atom. The topological polar surface area (TPSA) is 92.9 Å². The molecule has 0 fully saturated rings. The Kier molecular flexibility index (Phi) is 3.27. The molecule has 0 saturated heterocycles. The summed E-state index contributed by atoms with van der Waals surface area (Å²) in [7, 11) is 0. The van der Waals surface area contributed by atoms with Crippen LogP contribution in [0.4, 0.5) is 11.5 Å². The van der Waals surface area contributed by atoms with Crippen LogP contribution in [-0.4, -0.2) is 15.9 Å². The monoisotopic (exact) mass is 229 g/mol. The predicted octanol–water partition coefficient (Wildman–Crippen LogP) is 1.01. The van der Waals surface area contributed by atoms with Gasteiger partial charge in [-0.1, -0.05) is 6.07 Å². The number of nitrogens with one attached hydrogen (secondary N) is 2. The number of carbonyl (C=O) groups is 1. The summed E-state index contributed by atoms with van der Waals surface area (Å²) in [5.41, 5.74) is 3.29. The van der Waals surface area contributed by atoms with E-state index in [1.54, 1.807) is 30.5 Å². The van der Waals surface area contributed by atoms with Gasteiger partial charge in [0.05, 0.1) is 17.4 Å². The Morgan fingerprint density at radius 3 is 2.82 bits per heavy atom. The summed E-state index contributed by atoms with van der Waals surface area (Å²) in [5.74, 6) is 5.49. The van der Waals surface area contributed by atoms with Crippen LogP contribution in [0.3, 0.4) is 0 Å². The molecule has 4 N–H and O–H groups in total. The molecule has 17 heavy (non-hydrogen) atoms. The Bertz CT molecular complexity index is 514. The number of nitrogens with zero attached hydrogens (tertiary/aromatic N) is 2. The molecular weight excluding hydrogens is 218 g/mol. The fourth-order valence-electron chi connectivity index (χ4n) is 1.33. The molecule has 6 nitrogen and oxygen atoms in total. The van der Waals surface area contributed by atoms with Gasteiger partial charge in [-0.05, 0) is 18.2 Å². The van der Waals surface area contributed by atoms with Gasteiger partial charge in [0, 0.05) is 12.4 Å². The van der Waals surface area contributed by atoms with E-state index in [1.165, 1.54) is 12.4 Å². The van der Waals surface area contributed by atoms with Crippen LogP contribution in [0.5, 0.6) is 0 Å². The lowest BCUT2D eigenvalue weighted by Gasteiger charge is -2.08. The molecular formula is C11H11N5O. The molecule has 0 unspecified atom stereocenters. The first-order chi connectivity index (χ1) is 8.31. The number of anilines is 2. The van der Waals surface area contributed by atoms with Crippen LogP contribution in [0.25, 0.3) is 0 Å². The zero-order chi connectivity index (χ0) is 12.1. The first kappa shape index (κ1) is 11.0. The van der Waals surface area contributed by atoms with Crippen molar-refractivity contribution in [2.75, 3.05) is 10.7 Å². The number of nitrogen functional groups attached to an aromatic ring is 1. The largest absolute Gasteiger partial charge is 0.322 e. The second-order valence-corrected chi connectivity index (χ2v) is 3.23. The van der Waals surface area contributed by atoms with Crippen LogP contribution in [0, 0.1) is 0 Å². The standard InChI is InChI=1S/C11H11N5O/c12-16-9-7-13-6-4-8(9)11(17)15-10-3-1-2-5-14-10/h1-7,16H,12H2,(H,14,15,17). The van der Waals surface area contributed by atoms with Crippen LogP contribution in [0.1, 0.15) is 10.4 Å². The second-order valence-electron chi connectivity index (χ2n) is 3.23. The van der Waals surface area contributed by atoms with Gasteiger partial charge in [-0.25, -0.2) is 4.98 Å². The van der Waals surface area contributed by atoms with E-state index in [1.807, 2.05) is 0 Å². The van der Waals surface area contributed by atoms with Gasteiger partial charge in [-0.3, -0.25) is 15.6 Å². The van der Waals surface area contributed by atoms with Crippen molar-refractivity contribution < 1.29 is 4.79 Å². The summed E-state index contributed by atoms with van der Waals surface area (Å²) >= 11 is 0. The number of nitrogens with two attached hydrogens (primary N) is 1. The van der Waals surface area contributed by atoms with Gasteiger partial charge in [0.1, 0.15) is 5.82 Å². The highest BCUT2D eigenvalue weighted by Crippen LogP contribution is 2.13. The van der Waals surface area contributed by atoms with Crippen LogP contribution in [0.2, 0.25) is 0 Å². The maximum Gasteiger partial charge on any atom is 0.259 e. The number of rotatable bonds is 3. The lowest BCUT2D eigenvalue weighted by molar-refractivity contribution is 0.102. The van der Waals surface area contributed by atoms with Crippen molar-refractivity contribution in [3.63, 3.8) is 0 Å². The van der Waals surface area contributed by atoms with Crippen molar-refractivity contribution in [2.45, 2.75) is 0 Å². The third-order valence-corrected chi connectivity index (χ3v) is 2.13. The maximum absolute atomic E-state index is 11.9. The van der Waals surface area contributed by atoms with Crippen LogP contribution >= 0.6 is 0 Å². The summed E-state index contributed by atoms with van der Waals surface area (Å²) in [6, 6.07) is 6.84. The number of aromatic nitrogens is 2. The zero-order valence-corrected chi connectivity index (χ0v) is 8.92. The van der Waals surface area contributed by atoms with Gasteiger partial charge in [0.2, 0.25) is 0 Å². The molecule has 0 atom stereocenters. The van der Waals surface area contributed by atoms with Crippen LogP contribution in [0.15, 0.2) is 42.9 Å². The quantitative estimate of drug-likeness (QED) is 0.539. The molecule has 2 aromatic rings. The molecule has 1 amide bonds. The molecule has 0 aliphatic heterocycles.